The summed E-state index contributed by atoms with van der Waals surface area (Å²) in [5, 5.41) is 4.28. The molecule has 0 unspecified atom stereocenters. The number of hydrogen-bond acceptors (Lipinski definition) is 2. The van der Waals surface area contributed by atoms with Crippen LogP contribution in [0.15, 0.2) is 97.3 Å². The molecule has 0 saturated heterocycles. The number of aromatic nitrogens is 2. The molecule has 0 atom stereocenters. The van der Waals surface area contributed by atoms with Crippen molar-refractivity contribution in [2.24, 2.45) is 0 Å². The lowest BCUT2D eigenvalue weighted by molar-refractivity contribution is 0.484. The molecule has 1 heterocycles. The molecule has 25 heavy (non-hydrogen) atoms. The Bertz CT molecular complexity index is 947. The van der Waals surface area contributed by atoms with Gasteiger partial charge in [-0.25, -0.2) is 0 Å². The molecule has 0 saturated carbocycles. The fourth-order valence-electron chi connectivity index (χ4n) is 2.83. The number of rotatable bonds is 5. The highest BCUT2D eigenvalue weighted by atomic mass is 16.5. The molecule has 0 amide bonds. The number of benzene rings is 3. The number of ether oxygens (including phenoxy) is 1. The van der Waals surface area contributed by atoms with Gasteiger partial charge in [-0.1, -0.05) is 54.6 Å². The minimum absolute atomic E-state index is 0.753. The fraction of sp³-hybridized carbons (Fsp3) is 0.0455. The first kappa shape index (κ1) is 15.2. The maximum atomic E-state index is 6.09. The molecule has 0 fully saturated rings. The molecule has 0 N–H and O–H groups in total. The zero-order valence-electron chi connectivity index (χ0n) is 13.7. The number of hydrogen-bond donors (Lipinski definition) is 0. The van der Waals surface area contributed by atoms with Gasteiger partial charge in [0, 0.05) is 18.0 Å². The third-order valence-corrected chi connectivity index (χ3v) is 4.00. The Morgan fingerprint density at radius 2 is 1.64 bits per heavy atom. The summed E-state index contributed by atoms with van der Waals surface area (Å²) in [5.41, 5.74) is 3.42. The first-order valence-corrected chi connectivity index (χ1v) is 8.27. The molecular weight excluding hydrogens is 308 g/mol. The topological polar surface area (TPSA) is 27.1 Å². The van der Waals surface area contributed by atoms with Gasteiger partial charge in [0.1, 0.15) is 11.5 Å². The van der Waals surface area contributed by atoms with Crippen LogP contribution in [0.2, 0.25) is 0 Å². The first-order chi connectivity index (χ1) is 12.4. The zero-order chi connectivity index (χ0) is 16.9. The Labute approximate surface area is 147 Å². The molecule has 3 aromatic carbocycles. The zero-order valence-corrected chi connectivity index (χ0v) is 13.7. The Hall–Kier alpha value is -3.33. The molecule has 4 aromatic rings. The van der Waals surface area contributed by atoms with E-state index in [1.165, 1.54) is 5.56 Å². The maximum absolute atomic E-state index is 6.09. The van der Waals surface area contributed by atoms with Crippen LogP contribution < -0.4 is 4.74 Å². The maximum Gasteiger partial charge on any atom is 0.135 e. The first-order valence-electron chi connectivity index (χ1n) is 8.27. The van der Waals surface area contributed by atoms with E-state index in [1.54, 1.807) is 6.20 Å². The van der Waals surface area contributed by atoms with Crippen LogP contribution in [0.25, 0.3) is 11.1 Å². The van der Waals surface area contributed by atoms with Gasteiger partial charge in [0.2, 0.25) is 0 Å². The van der Waals surface area contributed by atoms with Crippen LogP contribution in [0.1, 0.15) is 5.56 Å². The van der Waals surface area contributed by atoms with E-state index in [0.717, 1.165) is 29.2 Å². The molecule has 0 aliphatic rings. The van der Waals surface area contributed by atoms with Gasteiger partial charge < -0.3 is 4.74 Å². The van der Waals surface area contributed by atoms with Gasteiger partial charge in [0.25, 0.3) is 0 Å². The summed E-state index contributed by atoms with van der Waals surface area (Å²) in [7, 11) is 0. The van der Waals surface area contributed by atoms with E-state index in [9.17, 15) is 0 Å². The smallest absolute Gasteiger partial charge is 0.135 e. The SMILES string of the molecule is c1ccc(Oc2ccccc2-c2cccc(Cn3cccn3)c2)cc1. The van der Waals surface area contributed by atoms with E-state index < -0.39 is 0 Å². The van der Waals surface area contributed by atoms with Crippen molar-refractivity contribution in [1.82, 2.24) is 9.78 Å². The third-order valence-electron chi connectivity index (χ3n) is 4.00. The quantitative estimate of drug-likeness (QED) is 0.491. The summed E-state index contributed by atoms with van der Waals surface area (Å²) in [6.45, 7) is 0.753. The third kappa shape index (κ3) is 3.61. The lowest BCUT2D eigenvalue weighted by Crippen LogP contribution is -1.99. The summed E-state index contributed by atoms with van der Waals surface area (Å²) in [6, 6.07) is 28.4. The molecule has 3 nitrogen and oxygen atoms in total. The Balaban J connectivity index is 1.66. The van der Waals surface area contributed by atoms with Crippen molar-refractivity contribution in [3.8, 4) is 22.6 Å². The second kappa shape index (κ2) is 7.05. The van der Waals surface area contributed by atoms with Crippen molar-refractivity contribution in [3.05, 3.63) is 103 Å². The highest BCUT2D eigenvalue weighted by Gasteiger charge is 2.08. The van der Waals surface area contributed by atoms with E-state index in [-0.39, 0.29) is 0 Å². The van der Waals surface area contributed by atoms with E-state index in [2.05, 4.69) is 35.4 Å². The summed E-state index contributed by atoms with van der Waals surface area (Å²) in [5.74, 6) is 1.69. The van der Waals surface area contributed by atoms with Crippen LogP contribution in [0.3, 0.4) is 0 Å². The minimum Gasteiger partial charge on any atom is -0.457 e. The lowest BCUT2D eigenvalue weighted by atomic mass is 10.0. The average Bonchev–Trinajstić information content (AvgIpc) is 3.16. The highest BCUT2D eigenvalue weighted by molar-refractivity contribution is 5.71. The fourth-order valence-corrected chi connectivity index (χ4v) is 2.83. The van der Waals surface area contributed by atoms with Crippen LogP contribution >= 0.6 is 0 Å². The van der Waals surface area contributed by atoms with Crippen molar-refractivity contribution in [1.29, 1.82) is 0 Å². The number of nitrogens with zero attached hydrogens (tertiary/aromatic N) is 2. The molecular formula is C22H18N2O. The standard InChI is InChI=1S/C22H18N2O/c1-2-10-20(11-3-1)25-22-13-5-4-12-21(22)19-9-6-8-18(16-19)17-24-15-7-14-23-24/h1-16H,17H2. The number of para-hydroxylation sites is 2. The molecule has 0 spiro atoms. The summed E-state index contributed by atoms with van der Waals surface area (Å²) >= 11 is 0. The van der Waals surface area contributed by atoms with E-state index in [4.69, 9.17) is 4.74 Å². The second-order valence-corrected chi connectivity index (χ2v) is 5.82. The molecule has 1 aromatic heterocycles. The van der Waals surface area contributed by atoms with Crippen molar-refractivity contribution in [2.75, 3.05) is 0 Å². The summed E-state index contributed by atoms with van der Waals surface area (Å²) in [4.78, 5) is 0. The van der Waals surface area contributed by atoms with Crippen LogP contribution in [-0.2, 0) is 6.54 Å². The largest absolute Gasteiger partial charge is 0.457 e. The average molecular weight is 326 g/mol. The predicted octanol–water partition coefficient (Wildman–Crippen LogP) is 5.39. The van der Waals surface area contributed by atoms with Gasteiger partial charge in [0.15, 0.2) is 0 Å². The van der Waals surface area contributed by atoms with Crippen molar-refractivity contribution in [3.63, 3.8) is 0 Å². The van der Waals surface area contributed by atoms with E-state index in [1.807, 2.05) is 65.5 Å². The van der Waals surface area contributed by atoms with E-state index >= 15 is 0 Å². The van der Waals surface area contributed by atoms with Crippen molar-refractivity contribution >= 4 is 0 Å². The van der Waals surface area contributed by atoms with Crippen LogP contribution in [-0.4, -0.2) is 9.78 Å². The predicted molar refractivity (Wildman–Crippen MR) is 99.7 cm³/mol. The van der Waals surface area contributed by atoms with Gasteiger partial charge in [-0.05, 0) is 41.5 Å². The van der Waals surface area contributed by atoms with Gasteiger partial charge in [-0.3, -0.25) is 4.68 Å². The van der Waals surface area contributed by atoms with Crippen molar-refractivity contribution in [2.45, 2.75) is 6.54 Å². The lowest BCUT2D eigenvalue weighted by Gasteiger charge is -2.12. The Morgan fingerprint density at radius 1 is 0.800 bits per heavy atom. The molecule has 3 heteroatoms. The Morgan fingerprint density at radius 3 is 2.48 bits per heavy atom. The summed E-state index contributed by atoms with van der Waals surface area (Å²) < 4.78 is 8.01. The highest BCUT2D eigenvalue weighted by Crippen LogP contribution is 2.33. The van der Waals surface area contributed by atoms with Gasteiger partial charge >= 0.3 is 0 Å². The minimum atomic E-state index is 0.753. The molecule has 0 bridgehead atoms. The van der Waals surface area contributed by atoms with Gasteiger partial charge in [-0.15, -0.1) is 0 Å². The molecule has 0 aliphatic heterocycles. The van der Waals surface area contributed by atoms with E-state index in [0.29, 0.717) is 0 Å². The summed E-state index contributed by atoms with van der Waals surface area (Å²) in [6.07, 6.45) is 3.77. The van der Waals surface area contributed by atoms with Crippen LogP contribution in [0, 0.1) is 0 Å². The monoisotopic (exact) mass is 326 g/mol. The molecule has 4 rings (SSSR count). The van der Waals surface area contributed by atoms with Crippen LogP contribution in [0.5, 0.6) is 11.5 Å². The van der Waals surface area contributed by atoms with Crippen molar-refractivity contribution < 1.29 is 4.74 Å². The molecule has 122 valence electrons. The second-order valence-electron chi connectivity index (χ2n) is 5.82. The van der Waals surface area contributed by atoms with Gasteiger partial charge in [-0.2, -0.15) is 5.10 Å². The van der Waals surface area contributed by atoms with Gasteiger partial charge in [0.05, 0.1) is 6.54 Å². The molecule has 0 aliphatic carbocycles. The molecule has 0 radical (unpaired) electrons. The van der Waals surface area contributed by atoms with Crippen LogP contribution in [0.4, 0.5) is 0 Å². The normalized spacial score (nSPS) is 10.6. The Kier molecular flexibility index (Phi) is 4.29.